The topological polar surface area (TPSA) is 90.1 Å². The van der Waals surface area contributed by atoms with Crippen LogP contribution in [0, 0.1) is 6.92 Å². The van der Waals surface area contributed by atoms with Gasteiger partial charge in [-0.15, -0.1) is 21.5 Å². The number of carboxylic acids is 1. The van der Waals surface area contributed by atoms with Crippen molar-refractivity contribution in [3.8, 4) is 10.7 Å². The summed E-state index contributed by atoms with van der Waals surface area (Å²) in [6.45, 7) is 2.99. The first-order valence-electron chi connectivity index (χ1n) is 5.81. The largest absolute Gasteiger partial charge is 0.481 e. The lowest BCUT2D eigenvalue weighted by atomic mass is 10.5. The zero-order valence-electron chi connectivity index (χ0n) is 11.1. The zero-order valence-corrected chi connectivity index (χ0v) is 12.7. The van der Waals surface area contributed by atoms with Gasteiger partial charge in [-0.25, -0.2) is 4.98 Å². The van der Waals surface area contributed by atoms with Crippen LogP contribution in [-0.2, 0) is 16.1 Å². The molecule has 0 aliphatic rings. The van der Waals surface area contributed by atoms with Gasteiger partial charge >= 0.3 is 5.97 Å². The van der Waals surface area contributed by atoms with E-state index in [1.165, 1.54) is 11.3 Å². The molecule has 0 saturated heterocycles. The summed E-state index contributed by atoms with van der Waals surface area (Å²) >= 11 is 2.67. The summed E-state index contributed by atoms with van der Waals surface area (Å²) in [6, 6.07) is 0. The van der Waals surface area contributed by atoms with E-state index in [1.807, 2.05) is 11.5 Å². The summed E-state index contributed by atoms with van der Waals surface area (Å²) in [5, 5.41) is 18.5. The maximum atomic E-state index is 10.7. The van der Waals surface area contributed by atoms with Crippen molar-refractivity contribution in [1.82, 2.24) is 19.7 Å². The Morgan fingerprint density at radius 2 is 2.35 bits per heavy atom. The van der Waals surface area contributed by atoms with Gasteiger partial charge in [0.2, 0.25) is 0 Å². The summed E-state index contributed by atoms with van der Waals surface area (Å²) < 4.78 is 6.94. The molecule has 0 aliphatic heterocycles. The van der Waals surface area contributed by atoms with E-state index in [0.717, 1.165) is 21.6 Å². The third-order valence-corrected chi connectivity index (χ3v) is 4.26. The Bertz CT molecular complexity index is 596. The predicted molar refractivity (Wildman–Crippen MR) is 76.1 cm³/mol. The summed E-state index contributed by atoms with van der Waals surface area (Å²) in [6.07, 6.45) is 1.75. The van der Waals surface area contributed by atoms with Crippen LogP contribution >= 0.6 is 23.1 Å². The fourth-order valence-corrected chi connectivity index (χ4v) is 3.01. The molecule has 0 saturated carbocycles. The quantitative estimate of drug-likeness (QED) is 0.775. The number of thioether (sulfide) groups is 1. The van der Waals surface area contributed by atoms with E-state index in [9.17, 15) is 4.79 Å². The number of nitrogens with zero attached hydrogens (tertiary/aromatic N) is 4. The van der Waals surface area contributed by atoms with Crippen molar-refractivity contribution in [2.75, 3.05) is 19.5 Å². The minimum atomic E-state index is -0.883. The van der Waals surface area contributed by atoms with E-state index in [2.05, 4.69) is 15.2 Å². The molecule has 2 heterocycles. The molecule has 0 unspecified atom stereocenters. The number of thiazole rings is 1. The Labute approximate surface area is 124 Å². The van der Waals surface area contributed by atoms with Crippen molar-refractivity contribution >= 4 is 29.1 Å². The summed E-state index contributed by atoms with van der Waals surface area (Å²) in [7, 11) is 1.62. The average Bonchev–Trinajstić information content (AvgIpc) is 2.99. The molecular weight excluding hydrogens is 300 g/mol. The molecule has 2 aromatic heterocycles. The Hall–Kier alpha value is -1.45. The Morgan fingerprint density at radius 3 is 2.95 bits per heavy atom. The molecule has 0 atom stereocenters. The molecule has 0 radical (unpaired) electrons. The maximum absolute atomic E-state index is 10.7. The van der Waals surface area contributed by atoms with Crippen molar-refractivity contribution in [3.63, 3.8) is 0 Å². The molecule has 7 nitrogen and oxygen atoms in total. The minimum absolute atomic E-state index is 0.0488. The summed E-state index contributed by atoms with van der Waals surface area (Å²) in [4.78, 5) is 15.8. The Balaban J connectivity index is 2.28. The molecule has 0 aromatic carbocycles. The number of methoxy groups -OCH3 is 1. The van der Waals surface area contributed by atoms with Crippen molar-refractivity contribution in [2.24, 2.45) is 0 Å². The van der Waals surface area contributed by atoms with Crippen LogP contribution in [0.1, 0.15) is 5.01 Å². The molecule has 108 valence electrons. The highest BCUT2D eigenvalue weighted by molar-refractivity contribution is 7.99. The maximum Gasteiger partial charge on any atom is 0.313 e. The fourth-order valence-electron chi connectivity index (χ4n) is 1.55. The number of aryl methyl sites for hydroxylation is 1. The van der Waals surface area contributed by atoms with Crippen molar-refractivity contribution in [1.29, 1.82) is 0 Å². The van der Waals surface area contributed by atoms with E-state index in [1.54, 1.807) is 13.3 Å². The van der Waals surface area contributed by atoms with Crippen LogP contribution in [0.5, 0.6) is 0 Å². The standard InChI is InChI=1S/C11H14N4O3S2/c1-7-12-5-8(20-7)10-13-14-11(19-6-9(16)17)15(10)3-4-18-2/h5H,3-4,6H2,1-2H3,(H,16,17). The molecule has 0 bridgehead atoms. The predicted octanol–water partition coefficient (Wildman–Crippen LogP) is 1.53. The number of hydrogen-bond donors (Lipinski definition) is 1. The molecule has 0 amide bonds. The lowest BCUT2D eigenvalue weighted by Crippen LogP contribution is -2.08. The van der Waals surface area contributed by atoms with Gasteiger partial charge < -0.3 is 9.84 Å². The van der Waals surface area contributed by atoms with Crippen LogP contribution in [0.3, 0.4) is 0 Å². The highest BCUT2D eigenvalue weighted by Crippen LogP contribution is 2.27. The number of rotatable bonds is 7. The molecular formula is C11H14N4O3S2. The van der Waals surface area contributed by atoms with Crippen LogP contribution in [0.2, 0.25) is 0 Å². The van der Waals surface area contributed by atoms with Crippen LogP contribution in [0.25, 0.3) is 10.7 Å². The van der Waals surface area contributed by atoms with E-state index >= 15 is 0 Å². The van der Waals surface area contributed by atoms with E-state index < -0.39 is 5.97 Å². The summed E-state index contributed by atoms with van der Waals surface area (Å²) in [5.74, 6) is -0.237. The van der Waals surface area contributed by atoms with Crippen molar-refractivity contribution < 1.29 is 14.6 Å². The van der Waals surface area contributed by atoms with Gasteiger partial charge in [0.25, 0.3) is 0 Å². The average molecular weight is 314 g/mol. The fraction of sp³-hybridized carbons (Fsp3) is 0.455. The first kappa shape index (κ1) is 14.9. The highest BCUT2D eigenvalue weighted by Gasteiger charge is 2.16. The van der Waals surface area contributed by atoms with Gasteiger partial charge in [0, 0.05) is 13.3 Å². The van der Waals surface area contributed by atoms with Gasteiger partial charge in [-0.2, -0.15) is 0 Å². The molecule has 0 aliphatic carbocycles. The smallest absolute Gasteiger partial charge is 0.313 e. The Kier molecular flexibility index (Phi) is 5.10. The van der Waals surface area contributed by atoms with Crippen molar-refractivity contribution in [3.05, 3.63) is 11.2 Å². The summed E-state index contributed by atoms with van der Waals surface area (Å²) in [5.41, 5.74) is 0. The number of carboxylic acid groups (broad SMARTS) is 1. The van der Waals surface area contributed by atoms with Gasteiger partial charge in [-0.05, 0) is 6.92 Å². The third-order valence-electron chi connectivity index (χ3n) is 2.40. The lowest BCUT2D eigenvalue weighted by Gasteiger charge is -2.07. The van der Waals surface area contributed by atoms with Crippen LogP contribution in [0.15, 0.2) is 11.4 Å². The van der Waals surface area contributed by atoms with Gasteiger partial charge in [0.05, 0.1) is 28.8 Å². The lowest BCUT2D eigenvalue weighted by molar-refractivity contribution is -0.133. The second-order valence-corrected chi connectivity index (χ2v) is 6.05. The molecule has 2 aromatic rings. The third kappa shape index (κ3) is 3.56. The molecule has 9 heteroatoms. The number of hydrogen-bond acceptors (Lipinski definition) is 7. The molecule has 0 spiro atoms. The van der Waals surface area contributed by atoms with Crippen molar-refractivity contribution in [2.45, 2.75) is 18.6 Å². The second-order valence-electron chi connectivity index (χ2n) is 3.88. The van der Waals surface area contributed by atoms with Gasteiger partial charge in [0.1, 0.15) is 0 Å². The SMILES string of the molecule is COCCn1c(SCC(=O)O)nnc1-c1cnc(C)s1. The van der Waals surface area contributed by atoms with E-state index in [0.29, 0.717) is 24.1 Å². The first-order chi connectivity index (χ1) is 9.61. The number of aromatic nitrogens is 4. The molecule has 20 heavy (non-hydrogen) atoms. The van der Waals surface area contributed by atoms with Crippen LogP contribution < -0.4 is 0 Å². The minimum Gasteiger partial charge on any atom is -0.481 e. The molecule has 2 rings (SSSR count). The Morgan fingerprint density at radius 1 is 1.55 bits per heavy atom. The van der Waals surface area contributed by atoms with Crippen LogP contribution in [0.4, 0.5) is 0 Å². The van der Waals surface area contributed by atoms with E-state index in [4.69, 9.17) is 9.84 Å². The first-order valence-corrected chi connectivity index (χ1v) is 7.61. The molecule has 1 N–H and O–H groups in total. The molecule has 0 fully saturated rings. The number of carbonyl (C=O) groups is 1. The van der Waals surface area contributed by atoms with Gasteiger partial charge in [0.15, 0.2) is 11.0 Å². The van der Waals surface area contributed by atoms with Gasteiger partial charge in [-0.1, -0.05) is 11.8 Å². The second kappa shape index (κ2) is 6.82. The number of aliphatic carboxylic acids is 1. The highest BCUT2D eigenvalue weighted by atomic mass is 32.2. The van der Waals surface area contributed by atoms with E-state index in [-0.39, 0.29) is 5.75 Å². The van der Waals surface area contributed by atoms with Crippen LogP contribution in [-0.4, -0.2) is 50.3 Å². The van der Waals surface area contributed by atoms with Gasteiger partial charge in [-0.3, -0.25) is 9.36 Å². The normalized spacial score (nSPS) is 10.9. The zero-order chi connectivity index (χ0) is 14.5. The number of ether oxygens (including phenoxy) is 1. The monoisotopic (exact) mass is 314 g/mol.